The molecule has 1 amide bonds. The average Bonchev–Trinajstić information content (AvgIpc) is 3.53. The van der Waals surface area contributed by atoms with E-state index >= 15 is 0 Å². The highest BCUT2D eigenvalue weighted by Gasteiger charge is 2.64. The first-order valence-electron chi connectivity index (χ1n) is 12.0. The second-order valence-corrected chi connectivity index (χ2v) is 10.7. The molecule has 30 heavy (non-hydrogen) atoms. The van der Waals surface area contributed by atoms with Gasteiger partial charge in [0.25, 0.3) is 0 Å². The Morgan fingerprint density at radius 1 is 1.17 bits per heavy atom. The van der Waals surface area contributed by atoms with Crippen LogP contribution >= 0.6 is 0 Å². The highest BCUT2D eigenvalue weighted by Crippen LogP contribution is 2.52. The maximum atomic E-state index is 14.1. The molecule has 0 aromatic heterocycles. The summed E-state index contributed by atoms with van der Waals surface area (Å²) in [5, 5.41) is 9.01. The van der Waals surface area contributed by atoms with Crippen molar-refractivity contribution in [3.8, 4) is 0 Å². The maximum absolute atomic E-state index is 14.1. The lowest BCUT2D eigenvalue weighted by atomic mass is 9.63. The van der Waals surface area contributed by atoms with E-state index in [0.29, 0.717) is 34.7 Å². The van der Waals surface area contributed by atoms with Gasteiger partial charge in [0, 0.05) is 18.3 Å². The van der Waals surface area contributed by atoms with Crippen LogP contribution in [0, 0.1) is 17.8 Å². The lowest BCUT2D eigenvalue weighted by Crippen LogP contribution is -2.59. The Morgan fingerprint density at radius 2 is 1.93 bits per heavy atom. The summed E-state index contributed by atoms with van der Waals surface area (Å²) >= 11 is 0. The van der Waals surface area contributed by atoms with Gasteiger partial charge in [0.2, 0.25) is 0 Å². The van der Waals surface area contributed by atoms with Gasteiger partial charge in [-0.25, -0.2) is 9.28 Å². The number of rotatable bonds is 7. The van der Waals surface area contributed by atoms with E-state index in [0.717, 1.165) is 30.1 Å². The van der Waals surface area contributed by atoms with E-state index in [1.165, 1.54) is 38.5 Å². The van der Waals surface area contributed by atoms with Gasteiger partial charge in [0.1, 0.15) is 24.5 Å². The minimum atomic E-state index is -0.780. The number of hydrogen-bond donors (Lipinski definition) is 1. The quantitative estimate of drug-likeness (QED) is 0.510. The molecule has 2 saturated carbocycles. The van der Waals surface area contributed by atoms with Crippen molar-refractivity contribution in [1.82, 2.24) is 0 Å². The minimum Gasteiger partial charge on any atom is -0.481 e. The zero-order valence-corrected chi connectivity index (χ0v) is 18.9. The van der Waals surface area contributed by atoms with Gasteiger partial charge in [-0.1, -0.05) is 44.0 Å². The van der Waals surface area contributed by atoms with Crippen LogP contribution in [0.3, 0.4) is 0 Å². The normalized spacial score (nSPS) is 30.0. The number of carbonyl (C=O) groups is 2. The Bertz CT molecular complexity index is 808. The number of aliphatic carboxylic acids is 1. The lowest BCUT2D eigenvalue weighted by Gasteiger charge is -2.48. The molecule has 4 unspecified atom stereocenters. The Hall–Kier alpha value is -1.68. The number of nitrogens with zero attached hydrogens (tertiary/aromatic N) is 1. The molecule has 1 saturated heterocycles. The zero-order valence-electron chi connectivity index (χ0n) is 18.9. The summed E-state index contributed by atoms with van der Waals surface area (Å²) in [5.41, 5.74) is 1.48. The van der Waals surface area contributed by atoms with E-state index in [9.17, 15) is 9.59 Å². The smallest absolute Gasteiger partial charge is 0.324 e. The zero-order chi connectivity index (χ0) is 21.5. The van der Waals surface area contributed by atoms with Crippen molar-refractivity contribution in [2.24, 2.45) is 17.8 Å². The van der Waals surface area contributed by atoms with Crippen molar-refractivity contribution < 1.29 is 19.2 Å². The van der Waals surface area contributed by atoms with E-state index in [2.05, 4.69) is 32.9 Å². The van der Waals surface area contributed by atoms with Gasteiger partial charge in [0.05, 0.1) is 0 Å². The summed E-state index contributed by atoms with van der Waals surface area (Å²) in [6, 6.07) is 8.58. The summed E-state index contributed by atoms with van der Waals surface area (Å²) in [6.45, 7) is 8.49. The topological polar surface area (TPSA) is 54.4 Å². The van der Waals surface area contributed by atoms with Crippen molar-refractivity contribution in [3.05, 3.63) is 35.4 Å². The molecule has 2 aliphatic carbocycles. The van der Waals surface area contributed by atoms with Gasteiger partial charge in [-0.05, 0) is 63.0 Å². The van der Waals surface area contributed by atoms with Gasteiger partial charge in [-0.2, -0.15) is 0 Å². The summed E-state index contributed by atoms with van der Waals surface area (Å²) in [6.07, 6.45) is 8.51. The minimum absolute atomic E-state index is 0.126. The van der Waals surface area contributed by atoms with Crippen molar-refractivity contribution in [2.45, 2.75) is 83.6 Å². The number of amides is 1. The van der Waals surface area contributed by atoms with E-state index < -0.39 is 11.4 Å². The third kappa shape index (κ3) is 3.84. The SMILES string of the molecule is CCC1CC2CCCC(C2)C1[N+]1(C(=O)C(C)(C)c2cccc(CCC(=O)O)c2)CC1. The van der Waals surface area contributed by atoms with Crippen LogP contribution in [0.25, 0.3) is 0 Å². The van der Waals surface area contributed by atoms with Crippen LogP contribution in [0.1, 0.15) is 76.8 Å². The first-order valence-corrected chi connectivity index (χ1v) is 12.0. The van der Waals surface area contributed by atoms with Crippen LogP contribution in [-0.2, 0) is 21.4 Å². The fourth-order valence-corrected chi connectivity index (χ4v) is 6.82. The predicted octanol–water partition coefficient (Wildman–Crippen LogP) is 4.94. The van der Waals surface area contributed by atoms with E-state index in [-0.39, 0.29) is 6.42 Å². The van der Waals surface area contributed by atoms with Crippen LogP contribution in [0.15, 0.2) is 24.3 Å². The number of quaternary nitrogens is 1. The van der Waals surface area contributed by atoms with Gasteiger partial charge in [-0.3, -0.25) is 4.79 Å². The number of aryl methyl sites for hydroxylation is 1. The van der Waals surface area contributed by atoms with Crippen molar-refractivity contribution in [2.75, 3.05) is 13.1 Å². The molecule has 4 nitrogen and oxygen atoms in total. The second kappa shape index (κ2) is 8.11. The van der Waals surface area contributed by atoms with Gasteiger partial charge in [0.15, 0.2) is 0 Å². The van der Waals surface area contributed by atoms with Crippen LogP contribution in [0.2, 0.25) is 0 Å². The van der Waals surface area contributed by atoms with Crippen LogP contribution in [-0.4, -0.2) is 40.6 Å². The molecule has 2 bridgehead atoms. The van der Waals surface area contributed by atoms with Gasteiger partial charge >= 0.3 is 11.9 Å². The number of carboxylic acid groups (broad SMARTS) is 1. The highest BCUT2D eigenvalue weighted by molar-refractivity contribution is 5.83. The molecule has 4 atom stereocenters. The lowest BCUT2D eigenvalue weighted by molar-refractivity contribution is -0.766. The van der Waals surface area contributed by atoms with E-state index in [4.69, 9.17) is 5.11 Å². The van der Waals surface area contributed by atoms with Gasteiger partial charge in [-0.15, -0.1) is 0 Å². The van der Waals surface area contributed by atoms with Gasteiger partial charge < -0.3 is 5.11 Å². The van der Waals surface area contributed by atoms with E-state index in [1.807, 2.05) is 12.1 Å². The standard InChI is InChI=1S/C26H37NO3/c1-4-20-15-19-8-5-9-21(16-19)24(20)27(13-14-27)25(30)26(2,3)22-10-6-7-18(17-22)11-12-23(28)29/h6-7,10,17,19-21,24H,4-5,8-9,11-16H2,1-3H3/p+1. The first-order chi connectivity index (χ1) is 14.3. The average molecular weight is 413 g/mol. The molecule has 4 heteroatoms. The summed E-state index contributed by atoms with van der Waals surface area (Å²) in [4.78, 5) is 25.1. The maximum Gasteiger partial charge on any atom is 0.324 e. The van der Waals surface area contributed by atoms with Crippen molar-refractivity contribution >= 4 is 11.9 Å². The molecule has 3 aliphatic rings. The fourth-order valence-electron chi connectivity index (χ4n) is 6.82. The largest absolute Gasteiger partial charge is 0.481 e. The molecule has 1 N–H and O–H groups in total. The Kier molecular flexibility index (Phi) is 5.82. The molecular weight excluding hydrogens is 374 g/mol. The molecule has 1 aliphatic heterocycles. The van der Waals surface area contributed by atoms with Crippen molar-refractivity contribution in [3.63, 3.8) is 0 Å². The molecule has 1 aromatic carbocycles. The van der Waals surface area contributed by atoms with Crippen molar-refractivity contribution in [1.29, 1.82) is 0 Å². The summed E-state index contributed by atoms with van der Waals surface area (Å²) < 4.78 is 0.697. The highest BCUT2D eigenvalue weighted by atomic mass is 16.4. The van der Waals surface area contributed by atoms with E-state index in [1.54, 1.807) is 0 Å². The van der Waals surface area contributed by atoms with Crippen LogP contribution < -0.4 is 0 Å². The first kappa shape index (κ1) is 21.5. The molecule has 164 valence electrons. The molecule has 1 heterocycles. The number of fused-ring (bicyclic) bond motifs is 2. The molecule has 4 rings (SSSR count). The second-order valence-electron chi connectivity index (χ2n) is 10.7. The summed E-state index contributed by atoms with van der Waals surface area (Å²) in [5.74, 6) is 1.88. The molecular formula is C26H38NO3+. The predicted molar refractivity (Wildman–Crippen MR) is 118 cm³/mol. The Balaban J connectivity index is 1.59. The van der Waals surface area contributed by atoms with Crippen LogP contribution in [0.5, 0.6) is 0 Å². The monoisotopic (exact) mass is 412 g/mol. The number of hydrogen-bond acceptors (Lipinski definition) is 2. The molecule has 3 fully saturated rings. The fraction of sp³-hybridized carbons (Fsp3) is 0.692. The number of carboxylic acids is 1. The number of benzene rings is 1. The molecule has 0 radical (unpaired) electrons. The Labute approximate surface area is 181 Å². The molecule has 0 spiro atoms. The third-order valence-corrected chi connectivity index (χ3v) is 8.44. The Morgan fingerprint density at radius 3 is 2.60 bits per heavy atom. The third-order valence-electron chi connectivity index (χ3n) is 8.44. The summed E-state index contributed by atoms with van der Waals surface area (Å²) in [7, 11) is 0. The molecule has 1 aromatic rings. The van der Waals surface area contributed by atoms with Crippen LogP contribution in [0.4, 0.5) is 0 Å². The number of carbonyl (C=O) groups excluding carboxylic acids is 1.